The molecule has 1 saturated heterocycles. The Bertz CT molecular complexity index is 675. The molecule has 0 unspecified atom stereocenters. The van der Waals surface area contributed by atoms with Crippen molar-refractivity contribution < 1.29 is 9.63 Å². The molecule has 0 N–H and O–H groups in total. The first kappa shape index (κ1) is 16.5. The van der Waals surface area contributed by atoms with Crippen molar-refractivity contribution in [2.75, 3.05) is 18.0 Å². The van der Waals surface area contributed by atoms with Gasteiger partial charge in [-0.3, -0.25) is 0 Å². The SMILES string of the molecule is CC(=O)On1ncc2ncc(N3CCC(C)(C)CC3)nc21.Cl. The molecule has 0 atom stereocenters. The average Bonchev–Trinajstić information content (AvgIpc) is 2.80. The van der Waals surface area contributed by atoms with E-state index in [0.717, 1.165) is 36.6 Å². The maximum Gasteiger partial charge on any atom is 0.332 e. The fourth-order valence-corrected chi connectivity index (χ4v) is 2.46. The van der Waals surface area contributed by atoms with Gasteiger partial charge in [-0.2, -0.15) is 0 Å². The number of hydrogen-bond donors (Lipinski definition) is 0. The summed E-state index contributed by atoms with van der Waals surface area (Å²) in [4.78, 5) is 28.3. The van der Waals surface area contributed by atoms with E-state index in [0.29, 0.717) is 16.6 Å². The van der Waals surface area contributed by atoms with Crippen molar-refractivity contribution in [3.05, 3.63) is 12.4 Å². The van der Waals surface area contributed by atoms with Crippen molar-refractivity contribution >= 4 is 35.4 Å². The molecule has 22 heavy (non-hydrogen) atoms. The molecule has 2 aromatic heterocycles. The van der Waals surface area contributed by atoms with Gasteiger partial charge < -0.3 is 9.74 Å². The van der Waals surface area contributed by atoms with Gasteiger partial charge >= 0.3 is 5.97 Å². The summed E-state index contributed by atoms with van der Waals surface area (Å²) in [7, 11) is 0. The van der Waals surface area contributed by atoms with Gasteiger partial charge in [0.25, 0.3) is 0 Å². The zero-order valence-electron chi connectivity index (χ0n) is 12.9. The lowest BCUT2D eigenvalue weighted by Crippen LogP contribution is -2.37. The smallest absolute Gasteiger partial charge is 0.332 e. The molecular weight excluding hydrogens is 306 g/mol. The zero-order chi connectivity index (χ0) is 15.0. The van der Waals surface area contributed by atoms with Gasteiger partial charge in [-0.25, -0.2) is 14.8 Å². The third kappa shape index (κ3) is 3.30. The minimum Gasteiger partial charge on any atom is -0.355 e. The summed E-state index contributed by atoms with van der Waals surface area (Å²) in [5, 5.41) is 3.97. The Morgan fingerprint density at radius 2 is 1.95 bits per heavy atom. The Labute approximate surface area is 135 Å². The maximum absolute atomic E-state index is 11.1. The van der Waals surface area contributed by atoms with E-state index < -0.39 is 5.97 Å². The number of carbonyl (C=O) groups is 1. The number of piperidine rings is 1. The molecule has 1 aliphatic rings. The number of aromatic nitrogens is 4. The number of rotatable bonds is 2. The second-order valence-corrected chi connectivity index (χ2v) is 6.19. The van der Waals surface area contributed by atoms with Gasteiger partial charge in [-0.15, -0.1) is 17.5 Å². The topological polar surface area (TPSA) is 73.1 Å². The van der Waals surface area contributed by atoms with Crippen LogP contribution in [0.2, 0.25) is 0 Å². The first-order valence-corrected chi connectivity index (χ1v) is 7.09. The molecule has 3 rings (SSSR count). The van der Waals surface area contributed by atoms with E-state index in [2.05, 4.69) is 33.8 Å². The Morgan fingerprint density at radius 3 is 2.59 bits per heavy atom. The van der Waals surface area contributed by atoms with E-state index >= 15 is 0 Å². The van der Waals surface area contributed by atoms with Crippen LogP contribution in [0.25, 0.3) is 11.2 Å². The van der Waals surface area contributed by atoms with E-state index in [1.165, 1.54) is 13.1 Å². The van der Waals surface area contributed by atoms with Crippen LogP contribution in [0.4, 0.5) is 5.82 Å². The molecule has 0 spiro atoms. The highest BCUT2D eigenvalue weighted by Gasteiger charge is 2.26. The highest BCUT2D eigenvalue weighted by atomic mass is 35.5. The molecule has 2 aromatic rings. The molecule has 7 nitrogen and oxygen atoms in total. The number of hydrogen-bond acceptors (Lipinski definition) is 6. The Hall–Kier alpha value is -1.89. The van der Waals surface area contributed by atoms with E-state index in [-0.39, 0.29) is 12.4 Å². The standard InChI is InChI=1S/C14H19N5O2.ClH/c1-10(20)21-19-13-11(8-16-19)15-9-12(17-13)18-6-4-14(2,3)5-7-18;/h8-9H,4-7H2,1-3H3;1H. The van der Waals surface area contributed by atoms with Crippen LogP contribution in [0.15, 0.2) is 12.4 Å². The van der Waals surface area contributed by atoms with Crippen LogP contribution in [-0.2, 0) is 4.79 Å². The Morgan fingerprint density at radius 1 is 1.27 bits per heavy atom. The molecule has 0 saturated carbocycles. The molecule has 3 heterocycles. The quantitative estimate of drug-likeness (QED) is 0.839. The number of fused-ring (bicyclic) bond motifs is 1. The van der Waals surface area contributed by atoms with E-state index in [1.54, 1.807) is 6.20 Å². The molecule has 0 bridgehead atoms. The van der Waals surface area contributed by atoms with Crippen LogP contribution < -0.4 is 9.74 Å². The van der Waals surface area contributed by atoms with Crippen LogP contribution in [0.3, 0.4) is 0 Å². The van der Waals surface area contributed by atoms with Gasteiger partial charge in [-0.05, 0) is 18.3 Å². The van der Waals surface area contributed by atoms with E-state index in [1.807, 2.05) is 0 Å². The number of anilines is 1. The highest BCUT2D eigenvalue weighted by Crippen LogP contribution is 2.31. The molecule has 0 aromatic carbocycles. The van der Waals surface area contributed by atoms with Gasteiger partial charge in [0, 0.05) is 20.0 Å². The third-order valence-electron chi connectivity index (χ3n) is 3.89. The number of halogens is 1. The summed E-state index contributed by atoms with van der Waals surface area (Å²) in [6.07, 6.45) is 5.53. The van der Waals surface area contributed by atoms with Crippen molar-refractivity contribution in [2.45, 2.75) is 33.6 Å². The minimum atomic E-state index is -0.438. The lowest BCUT2D eigenvalue weighted by atomic mass is 9.83. The molecular formula is C14H20ClN5O2. The lowest BCUT2D eigenvalue weighted by molar-refractivity contribution is -0.142. The normalized spacial score (nSPS) is 17.1. The Kier molecular flexibility index (Phi) is 4.55. The maximum atomic E-state index is 11.1. The van der Waals surface area contributed by atoms with Crippen molar-refractivity contribution in [3.63, 3.8) is 0 Å². The molecule has 0 aliphatic carbocycles. The third-order valence-corrected chi connectivity index (χ3v) is 3.89. The van der Waals surface area contributed by atoms with Crippen molar-refractivity contribution in [2.24, 2.45) is 5.41 Å². The van der Waals surface area contributed by atoms with E-state index in [9.17, 15) is 4.79 Å². The molecule has 1 aliphatic heterocycles. The van der Waals surface area contributed by atoms with Crippen LogP contribution in [0.1, 0.15) is 33.6 Å². The van der Waals surface area contributed by atoms with Gasteiger partial charge in [0.1, 0.15) is 11.3 Å². The molecule has 0 radical (unpaired) electrons. The molecule has 120 valence electrons. The Balaban J connectivity index is 0.00000176. The zero-order valence-corrected chi connectivity index (χ0v) is 13.8. The van der Waals surface area contributed by atoms with Crippen LogP contribution >= 0.6 is 12.4 Å². The van der Waals surface area contributed by atoms with Gasteiger partial charge in [-0.1, -0.05) is 18.7 Å². The van der Waals surface area contributed by atoms with E-state index in [4.69, 9.17) is 4.84 Å². The van der Waals surface area contributed by atoms with Crippen molar-refractivity contribution in [1.29, 1.82) is 0 Å². The van der Waals surface area contributed by atoms with Gasteiger partial charge in [0.15, 0.2) is 0 Å². The summed E-state index contributed by atoms with van der Waals surface area (Å²) < 4.78 is 0. The highest BCUT2D eigenvalue weighted by molar-refractivity contribution is 5.85. The summed E-state index contributed by atoms with van der Waals surface area (Å²) >= 11 is 0. The predicted octanol–water partition coefficient (Wildman–Crippen LogP) is 1.85. The molecule has 0 amide bonds. The minimum absolute atomic E-state index is 0. The van der Waals surface area contributed by atoms with Gasteiger partial charge in [0.05, 0.1) is 12.4 Å². The lowest BCUT2D eigenvalue weighted by Gasteiger charge is -2.37. The second-order valence-electron chi connectivity index (χ2n) is 6.19. The second kappa shape index (κ2) is 6.08. The predicted molar refractivity (Wildman–Crippen MR) is 85.1 cm³/mol. The van der Waals surface area contributed by atoms with Crippen LogP contribution in [0.5, 0.6) is 0 Å². The van der Waals surface area contributed by atoms with Crippen LogP contribution in [-0.4, -0.2) is 39.0 Å². The summed E-state index contributed by atoms with van der Waals surface area (Å²) in [5.41, 5.74) is 1.46. The van der Waals surface area contributed by atoms with Crippen molar-refractivity contribution in [3.8, 4) is 0 Å². The summed E-state index contributed by atoms with van der Waals surface area (Å²) in [6, 6.07) is 0. The monoisotopic (exact) mass is 325 g/mol. The largest absolute Gasteiger partial charge is 0.355 e. The first-order valence-electron chi connectivity index (χ1n) is 7.09. The molecule has 8 heteroatoms. The van der Waals surface area contributed by atoms with Crippen molar-refractivity contribution in [1.82, 2.24) is 19.9 Å². The van der Waals surface area contributed by atoms with Crippen LogP contribution in [0, 0.1) is 5.41 Å². The fraction of sp³-hybridized carbons (Fsp3) is 0.571. The number of nitrogens with zero attached hydrogens (tertiary/aromatic N) is 5. The average molecular weight is 326 g/mol. The fourth-order valence-electron chi connectivity index (χ4n) is 2.46. The number of carbonyl (C=O) groups excluding carboxylic acids is 1. The summed E-state index contributed by atoms with van der Waals surface area (Å²) in [5.74, 6) is 0.360. The molecule has 1 fully saturated rings. The van der Waals surface area contributed by atoms with Gasteiger partial charge in [0.2, 0.25) is 5.65 Å². The summed E-state index contributed by atoms with van der Waals surface area (Å²) in [6.45, 7) is 7.81. The first-order chi connectivity index (χ1) is 9.94.